The minimum atomic E-state index is -0.247. The second-order valence-corrected chi connectivity index (χ2v) is 1.84. The predicted molar refractivity (Wildman–Crippen MR) is 45.1 cm³/mol. The van der Waals surface area contributed by atoms with Gasteiger partial charge in [0.25, 0.3) is 0 Å². The largest absolute Gasteiger partial charge is 0.461 e. The number of hydrogen-bond donors (Lipinski definition) is 0. The first kappa shape index (κ1) is 9.69. The van der Waals surface area contributed by atoms with E-state index in [2.05, 4.69) is 13.2 Å². The third kappa shape index (κ3) is 6.58. The van der Waals surface area contributed by atoms with Gasteiger partial charge in [0.2, 0.25) is 0 Å². The van der Waals surface area contributed by atoms with Crippen molar-refractivity contribution in [1.29, 1.82) is 0 Å². The molecule has 0 aromatic carbocycles. The summed E-state index contributed by atoms with van der Waals surface area (Å²) in [5.74, 6) is -0.247. The molecule has 0 N–H and O–H groups in total. The topological polar surface area (TPSA) is 26.3 Å². The van der Waals surface area contributed by atoms with E-state index >= 15 is 0 Å². The Morgan fingerprint density at radius 1 is 1.45 bits per heavy atom. The van der Waals surface area contributed by atoms with Crippen molar-refractivity contribution in [1.82, 2.24) is 0 Å². The molecule has 11 heavy (non-hydrogen) atoms. The number of carbonyl (C=O) groups is 1. The van der Waals surface area contributed by atoms with Gasteiger partial charge >= 0.3 is 5.97 Å². The lowest BCUT2D eigenvalue weighted by Crippen LogP contribution is -2.01. The van der Waals surface area contributed by atoms with E-state index in [1.807, 2.05) is 0 Å². The highest BCUT2D eigenvalue weighted by Gasteiger charge is 1.95. The Morgan fingerprint density at radius 3 is 2.73 bits per heavy atom. The first-order valence-electron chi connectivity index (χ1n) is 3.35. The van der Waals surface area contributed by atoms with E-state index in [9.17, 15) is 4.79 Å². The summed E-state index contributed by atoms with van der Waals surface area (Å²) in [6, 6.07) is 0. The van der Waals surface area contributed by atoms with Crippen molar-refractivity contribution < 1.29 is 9.53 Å². The quantitative estimate of drug-likeness (QED) is 0.341. The molecule has 0 aromatic rings. The lowest BCUT2D eigenvalue weighted by molar-refractivity contribution is -0.141. The highest BCUT2D eigenvalue weighted by atomic mass is 16.5. The van der Waals surface area contributed by atoms with Crippen LogP contribution >= 0.6 is 0 Å². The maximum absolute atomic E-state index is 10.7. The highest BCUT2D eigenvalue weighted by molar-refractivity contribution is 5.71. The first-order valence-corrected chi connectivity index (χ1v) is 3.35. The van der Waals surface area contributed by atoms with Gasteiger partial charge in [0.05, 0.1) is 6.42 Å². The Morgan fingerprint density at radius 2 is 2.18 bits per heavy atom. The maximum atomic E-state index is 10.7. The third-order valence-electron chi connectivity index (χ3n) is 0.919. The Kier molecular flexibility index (Phi) is 5.99. The van der Waals surface area contributed by atoms with Crippen LogP contribution in [0.4, 0.5) is 0 Å². The zero-order valence-corrected chi connectivity index (χ0v) is 6.45. The molecule has 2 nitrogen and oxygen atoms in total. The van der Waals surface area contributed by atoms with Crippen molar-refractivity contribution >= 4 is 5.97 Å². The van der Waals surface area contributed by atoms with Gasteiger partial charge in [-0.2, -0.15) is 0 Å². The van der Waals surface area contributed by atoms with E-state index in [1.54, 1.807) is 18.2 Å². The van der Waals surface area contributed by atoms with Crippen LogP contribution in [-0.4, -0.2) is 12.6 Å². The standard InChI is InChI=1S/C9H12O2/c1-3-5-6-7-9(10)11-8-4-2/h3-6H,1-2,7-8H2. The average Bonchev–Trinajstić information content (AvgIpc) is 2.01. The van der Waals surface area contributed by atoms with E-state index in [0.29, 0.717) is 6.42 Å². The summed E-state index contributed by atoms with van der Waals surface area (Å²) < 4.78 is 4.70. The molecule has 2 heteroatoms. The second-order valence-electron chi connectivity index (χ2n) is 1.84. The molecule has 0 spiro atoms. The summed E-state index contributed by atoms with van der Waals surface area (Å²) in [5.41, 5.74) is 0. The maximum Gasteiger partial charge on any atom is 0.309 e. The zero-order valence-electron chi connectivity index (χ0n) is 6.45. The normalized spacial score (nSPS) is 9.45. The number of esters is 1. The number of carbonyl (C=O) groups excluding carboxylic acids is 1. The molecule has 0 unspecified atom stereocenters. The highest BCUT2D eigenvalue weighted by Crippen LogP contribution is 1.88. The predicted octanol–water partition coefficient (Wildman–Crippen LogP) is 1.85. The third-order valence-corrected chi connectivity index (χ3v) is 0.919. The Balaban J connectivity index is 3.44. The van der Waals surface area contributed by atoms with Gasteiger partial charge in [-0.15, -0.1) is 0 Å². The van der Waals surface area contributed by atoms with E-state index in [1.165, 1.54) is 6.08 Å². The smallest absolute Gasteiger partial charge is 0.309 e. The first-order chi connectivity index (χ1) is 5.31. The molecule has 0 bridgehead atoms. The van der Waals surface area contributed by atoms with E-state index < -0.39 is 0 Å². The summed E-state index contributed by atoms with van der Waals surface area (Å²) in [5, 5.41) is 0. The molecule has 0 aliphatic rings. The molecular formula is C9H12O2. The van der Waals surface area contributed by atoms with Crippen LogP contribution in [0.25, 0.3) is 0 Å². The van der Waals surface area contributed by atoms with Crippen LogP contribution in [0, 0.1) is 0 Å². The van der Waals surface area contributed by atoms with Crippen LogP contribution in [0.2, 0.25) is 0 Å². The summed E-state index contributed by atoms with van der Waals surface area (Å²) in [6.45, 7) is 7.16. The number of allylic oxidation sites excluding steroid dienone is 2. The molecule has 0 heterocycles. The summed E-state index contributed by atoms with van der Waals surface area (Å²) >= 11 is 0. The van der Waals surface area contributed by atoms with Gasteiger partial charge < -0.3 is 4.74 Å². The van der Waals surface area contributed by atoms with Crippen molar-refractivity contribution in [3.05, 3.63) is 37.5 Å². The zero-order chi connectivity index (χ0) is 8.53. The van der Waals surface area contributed by atoms with Gasteiger partial charge in [-0.3, -0.25) is 4.79 Å². The van der Waals surface area contributed by atoms with Crippen molar-refractivity contribution in [3.63, 3.8) is 0 Å². The number of hydrogen-bond acceptors (Lipinski definition) is 2. The lowest BCUT2D eigenvalue weighted by Gasteiger charge is -1.96. The Bertz CT molecular complexity index is 168. The van der Waals surface area contributed by atoms with Crippen LogP contribution in [-0.2, 0) is 9.53 Å². The molecule has 0 radical (unpaired) electrons. The molecule has 0 aliphatic heterocycles. The van der Waals surface area contributed by atoms with E-state index in [4.69, 9.17) is 4.74 Å². The van der Waals surface area contributed by atoms with E-state index in [-0.39, 0.29) is 12.6 Å². The number of rotatable bonds is 5. The average molecular weight is 152 g/mol. The molecule has 0 aliphatic carbocycles. The molecular weight excluding hydrogens is 140 g/mol. The van der Waals surface area contributed by atoms with Gasteiger partial charge in [0.1, 0.15) is 6.61 Å². The molecule has 0 amide bonds. The molecule has 0 rings (SSSR count). The van der Waals surface area contributed by atoms with Gasteiger partial charge in [-0.1, -0.05) is 37.5 Å². The second kappa shape index (κ2) is 6.81. The minimum Gasteiger partial charge on any atom is -0.461 e. The van der Waals surface area contributed by atoms with Gasteiger partial charge in [0, 0.05) is 0 Å². The Labute approximate surface area is 66.9 Å². The fourth-order valence-electron chi connectivity index (χ4n) is 0.471. The van der Waals surface area contributed by atoms with Gasteiger partial charge in [-0.05, 0) is 0 Å². The molecule has 0 aromatic heterocycles. The Hall–Kier alpha value is -1.31. The lowest BCUT2D eigenvalue weighted by atomic mass is 10.4. The monoisotopic (exact) mass is 152 g/mol. The summed E-state index contributed by atoms with van der Waals surface area (Å²) in [4.78, 5) is 10.7. The van der Waals surface area contributed by atoms with Crippen molar-refractivity contribution in [2.75, 3.05) is 6.61 Å². The van der Waals surface area contributed by atoms with Gasteiger partial charge in [0.15, 0.2) is 0 Å². The molecule has 0 saturated carbocycles. The molecule has 0 fully saturated rings. The fraction of sp³-hybridized carbons (Fsp3) is 0.222. The van der Waals surface area contributed by atoms with Gasteiger partial charge in [-0.25, -0.2) is 0 Å². The molecule has 0 atom stereocenters. The van der Waals surface area contributed by atoms with E-state index in [0.717, 1.165) is 0 Å². The van der Waals surface area contributed by atoms with Crippen LogP contribution in [0.3, 0.4) is 0 Å². The molecule has 0 saturated heterocycles. The van der Waals surface area contributed by atoms with Crippen LogP contribution < -0.4 is 0 Å². The minimum absolute atomic E-state index is 0.247. The fourth-order valence-corrected chi connectivity index (χ4v) is 0.471. The van der Waals surface area contributed by atoms with Crippen molar-refractivity contribution in [2.24, 2.45) is 0 Å². The van der Waals surface area contributed by atoms with Crippen molar-refractivity contribution in [2.45, 2.75) is 6.42 Å². The van der Waals surface area contributed by atoms with Crippen LogP contribution in [0.1, 0.15) is 6.42 Å². The summed E-state index contributed by atoms with van der Waals surface area (Å²) in [6.07, 6.45) is 6.84. The van der Waals surface area contributed by atoms with Crippen LogP contribution in [0.15, 0.2) is 37.5 Å². The number of ether oxygens (including phenoxy) is 1. The molecule has 60 valence electrons. The summed E-state index contributed by atoms with van der Waals surface area (Å²) in [7, 11) is 0. The van der Waals surface area contributed by atoms with Crippen LogP contribution in [0.5, 0.6) is 0 Å². The SMILES string of the molecule is C=CC=CCC(=O)OCC=C. The van der Waals surface area contributed by atoms with Crippen molar-refractivity contribution in [3.8, 4) is 0 Å².